The van der Waals surface area contributed by atoms with Crippen LogP contribution in [0.1, 0.15) is 4.88 Å². The number of thiophene rings is 1. The quantitative estimate of drug-likeness (QED) is 0.261. The van der Waals surface area contributed by atoms with Crippen molar-refractivity contribution < 1.29 is 9.94 Å². The topological polar surface area (TPSA) is 149 Å². The highest BCUT2D eigenvalue weighted by molar-refractivity contribution is 7.21. The molecule has 134 valence electrons. The van der Waals surface area contributed by atoms with E-state index in [1.807, 2.05) is 0 Å². The predicted octanol–water partition coefficient (Wildman–Crippen LogP) is 0.662. The van der Waals surface area contributed by atoms with Gasteiger partial charge in [-0.05, 0) is 6.07 Å². The Hall–Kier alpha value is -3.05. The molecule has 0 aliphatic carbocycles. The van der Waals surface area contributed by atoms with Gasteiger partial charge < -0.3 is 26.3 Å². The third kappa shape index (κ3) is 2.97. The van der Waals surface area contributed by atoms with Crippen LogP contribution in [0.15, 0.2) is 23.6 Å². The van der Waals surface area contributed by atoms with Gasteiger partial charge in [-0.15, -0.1) is 11.3 Å². The zero-order chi connectivity index (χ0) is 18.1. The third-order valence-corrected chi connectivity index (χ3v) is 5.10. The van der Waals surface area contributed by atoms with Crippen LogP contribution in [0, 0.1) is 0 Å². The molecule has 3 aromatic heterocycles. The van der Waals surface area contributed by atoms with Crippen LogP contribution in [-0.4, -0.2) is 57.3 Å². The van der Waals surface area contributed by atoms with Crippen LogP contribution in [0.25, 0.3) is 21.6 Å². The van der Waals surface area contributed by atoms with E-state index in [-0.39, 0.29) is 11.8 Å². The Morgan fingerprint density at radius 3 is 2.65 bits per heavy atom. The van der Waals surface area contributed by atoms with E-state index in [1.165, 1.54) is 11.3 Å². The Labute approximate surface area is 152 Å². The minimum absolute atomic E-state index is 0.0401. The summed E-state index contributed by atoms with van der Waals surface area (Å²) in [5.74, 6) is 1.50. The Kier molecular flexibility index (Phi) is 4.22. The fourth-order valence-electron chi connectivity index (χ4n) is 2.66. The Bertz CT molecular complexity index is 966. The van der Waals surface area contributed by atoms with E-state index in [2.05, 4.69) is 25.0 Å². The summed E-state index contributed by atoms with van der Waals surface area (Å²) in [6.07, 6.45) is 3.17. The van der Waals surface area contributed by atoms with E-state index >= 15 is 0 Å². The lowest BCUT2D eigenvalue weighted by Crippen LogP contribution is -2.36. The molecule has 4 heterocycles. The number of hydrogen-bond acceptors (Lipinski definition) is 10. The SMILES string of the molecule is NC(=NO)c1cc2nc(-c3cnc(N)nc3)nc(N3CCOCC3)c2s1. The number of anilines is 2. The maximum atomic E-state index is 8.97. The number of aromatic nitrogens is 4. The van der Waals surface area contributed by atoms with Gasteiger partial charge in [-0.1, -0.05) is 5.16 Å². The van der Waals surface area contributed by atoms with Crippen molar-refractivity contribution in [3.63, 3.8) is 0 Å². The summed E-state index contributed by atoms with van der Waals surface area (Å²) in [5.41, 5.74) is 12.7. The van der Waals surface area contributed by atoms with Gasteiger partial charge >= 0.3 is 0 Å². The van der Waals surface area contributed by atoms with Crippen LogP contribution in [0.2, 0.25) is 0 Å². The Morgan fingerprint density at radius 1 is 1.23 bits per heavy atom. The number of nitrogens with two attached hydrogens (primary N) is 2. The van der Waals surface area contributed by atoms with Crippen LogP contribution >= 0.6 is 11.3 Å². The first kappa shape index (κ1) is 16.4. The van der Waals surface area contributed by atoms with Gasteiger partial charge in [0, 0.05) is 25.5 Å². The van der Waals surface area contributed by atoms with E-state index in [9.17, 15) is 0 Å². The molecule has 11 heteroatoms. The normalized spacial score (nSPS) is 15.5. The summed E-state index contributed by atoms with van der Waals surface area (Å²) >= 11 is 1.38. The largest absolute Gasteiger partial charge is 0.409 e. The second-order valence-corrected chi connectivity index (χ2v) is 6.66. The van der Waals surface area contributed by atoms with E-state index in [0.29, 0.717) is 35.0 Å². The van der Waals surface area contributed by atoms with E-state index in [4.69, 9.17) is 26.4 Å². The van der Waals surface area contributed by atoms with Gasteiger partial charge in [0.15, 0.2) is 17.5 Å². The predicted molar refractivity (Wildman–Crippen MR) is 98.4 cm³/mol. The molecule has 3 aromatic rings. The number of oxime groups is 1. The van der Waals surface area contributed by atoms with Gasteiger partial charge in [-0.2, -0.15) is 0 Å². The first-order valence-corrected chi connectivity index (χ1v) is 8.67. The second-order valence-electron chi connectivity index (χ2n) is 5.61. The van der Waals surface area contributed by atoms with Crippen molar-refractivity contribution in [1.29, 1.82) is 0 Å². The van der Waals surface area contributed by atoms with Crippen LogP contribution in [0.4, 0.5) is 11.8 Å². The molecule has 0 aromatic carbocycles. The van der Waals surface area contributed by atoms with E-state index in [1.54, 1.807) is 18.5 Å². The van der Waals surface area contributed by atoms with E-state index < -0.39 is 0 Å². The molecular weight excluding hydrogens is 356 g/mol. The number of nitrogens with zero attached hydrogens (tertiary/aromatic N) is 6. The summed E-state index contributed by atoms with van der Waals surface area (Å²) < 4.78 is 6.30. The van der Waals surface area contributed by atoms with Crippen molar-refractivity contribution in [2.24, 2.45) is 10.9 Å². The van der Waals surface area contributed by atoms with Gasteiger partial charge in [-0.3, -0.25) is 0 Å². The van der Waals surface area contributed by atoms with Gasteiger partial charge in [0.2, 0.25) is 5.95 Å². The average Bonchev–Trinajstić information content (AvgIpc) is 3.12. The summed E-state index contributed by atoms with van der Waals surface area (Å²) in [7, 11) is 0. The van der Waals surface area contributed by atoms with Crippen LogP contribution in [0.3, 0.4) is 0 Å². The number of ether oxygens (including phenoxy) is 1. The molecule has 26 heavy (non-hydrogen) atoms. The lowest BCUT2D eigenvalue weighted by atomic mass is 10.3. The average molecular weight is 372 g/mol. The van der Waals surface area contributed by atoms with Gasteiger partial charge in [0.1, 0.15) is 0 Å². The number of morpholine rings is 1. The van der Waals surface area contributed by atoms with Crippen molar-refractivity contribution >= 4 is 39.2 Å². The Morgan fingerprint density at radius 2 is 1.96 bits per heavy atom. The van der Waals surface area contributed by atoms with Crippen molar-refractivity contribution in [1.82, 2.24) is 19.9 Å². The number of amidine groups is 1. The maximum Gasteiger partial charge on any atom is 0.219 e. The molecule has 0 spiro atoms. The standard InChI is InChI=1S/C15H16N8O2S/c16-12(22-24)10-5-9-11(26-10)14(23-1-3-25-4-2-23)21-13(20-9)8-6-18-15(17)19-7-8/h5-7,24H,1-4H2,(H2,16,22)(H2,17,18,19). The molecule has 1 fully saturated rings. The first-order valence-electron chi connectivity index (χ1n) is 7.86. The lowest BCUT2D eigenvalue weighted by Gasteiger charge is -2.28. The molecule has 4 rings (SSSR count). The molecule has 0 radical (unpaired) electrons. The number of hydrogen-bond donors (Lipinski definition) is 3. The molecule has 1 aliphatic heterocycles. The van der Waals surface area contributed by atoms with Crippen LogP contribution in [-0.2, 0) is 4.74 Å². The van der Waals surface area contributed by atoms with Crippen LogP contribution < -0.4 is 16.4 Å². The Balaban J connectivity index is 1.89. The van der Waals surface area contributed by atoms with Crippen molar-refractivity contribution in [2.75, 3.05) is 36.9 Å². The molecule has 0 bridgehead atoms. The third-order valence-electron chi connectivity index (χ3n) is 3.95. The van der Waals surface area contributed by atoms with Gasteiger partial charge in [0.05, 0.1) is 33.9 Å². The van der Waals surface area contributed by atoms with Crippen LogP contribution in [0.5, 0.6) is 0 Å². The van der Waals surface area contributed by atoms with Crippen molar-refractivity contribution in [3.05, 3.63) is 23.3 Å². The highest BCUT2D eigenvalue weighted by Gasteiger charge is 2.21. The van der Waals surface area contributed by atoms with Crippen molar-refractivity contribution in [3.8, 4) is 11.4 Å². The van der Waals surface area contributed by atoms with Gasteiger partial charge in [-0.25, -0.2) is 19.9 Å². The zero-order valence-corrected chi connectivity index (χ0v) is 14.5. The molecule has 10 nitrogen and oxygen atoms in total. The minimum atomic E-state index is 0.0401. The summed E-state index contributed by atoms with van der Waals surface area (Å²) in [6, 6.07) is 1.78. The molecule has 5 N–H and O–H groups in total. The molecule has 1 aliphatic rings. The van der Waals surface area contributed by atoms with E-state index in [0.717, 1.165) is 23.6 Å². The first-order chi connectivity index (χ1) is 12.7. The summed E-state index contributed by atoms with van der Waals surface area (Å²) in [6.45, 7) is 2.70. The number of nitrogen functional groups attached to an aromatic ring is 1. The second kappa shape index (κ2) is 6.69. The fourth-order valence-corrected chi connectivity index (χ4v) is 3.67. The smallest absolute Gasteiger partial charge is 0.219 e. The highest BCUT2D eigenvalue weighted by Crippen LogP contribution is 2.34. The van der Waals surface area contributed by atoms with Gasteiger partial charge in [0.25, 0.3) is 0 Å². The molecule has 1 saturated heterocycles. The monoisotopic (exact) mass is 372 g/mol. The number of fused-ring (bicyclic) bond motifs is 1. The molecule has 0 amide bonds. The lowest BCUT2D eigenvalue weighted by molar-refractivity contribution is 0.122. The molecule has 0 saturated carbocycles. The summed E-state index contributed by atoms with van der Waals surface area (Å²) in [5, 5.41) is 12.0. The van der Waals surface area contributed by atoms with Crippen molar-refractivity contribution in [2.45, 2.75) is 0 Å². The summed E-state index contributed by atoms with van der Waals surface area (Å²) in [4.78, 5) is 20.1. The fraction of sp³-hybridized carbons (Fsp3) is 0.267. The molecular formula is C15H16N8O2S. The molecule has 0 atom stereocenters. The highest BCUT2D eigenvalue weighted by atomic mass is 32.1. The molecule has 0 unspecified atom stereocenters. The number of rotatable bonds is 3. The maximum absolute atomic E-state index is 8.97. The zero-order valence-electron chi connectivity index (χ0n) is 13.7. The minimum Gasteiger partial charge on any atom is -0.409 e.